The third kappa shape index (κ3) is 5.46. The van der Waals surface area contributed by atoms with Gasteiger partial charge in [-0.15, -0.1) is 0 Å². The fourth-order valence-electron chi connectivity index (χ4n) is 2.70. The van der Waals surface area contributed by atoms with Crippen molar-refractivity contribution in [3.8, 4) is 0 Å². The third-order valence-corrected chi connectivity index (χ3v) is 6.85. The Bertz CT molecular complexity index is 1200. The molecular formula is C21H22ClN3O3S2. The molecular weight excluding hydrogens is 442 g/mol. The number of fused-ring (bicyclic) bond motifs is 1. The Morgan fingerprint density at radius 1 is 1.17 bits per heavy atom. The molecule has 0 saturated carbocycles. The zero-order chi connectivity index (χ0) is 21.9. The second-order valence-electron chi connectivity index (χ2n) is 7.05. The fraction of sp³-hybridized carbons (Fsp3) is 0.238. The quantitative estimate of drug-likeness (QED) is 0.496. The van der Waals surface area contributed by atoms with E-state index in [1.807, 2.05) is 37.2 Å². The number of rotatable bonds is 7. The monoisotopic (exact) mass is 463 g/mol. The summed E-state index contributed by atoms with van der Waals surface area (Å²) in [4.78, 5) is 21.4. The van der Waals surface area contributed by atoms with E-state index < -0.39 is 9.84 Å². The first-order valence-electron chi connectivity index (χ1n) is 9.14. The minimum absolute atomic E-state index is 0.223. The fourth-order valence-corrected chi connectivity index (χ4v) is 4.66. The van der Waals surface area contributed by atoms with Crippen LogP contribution in [0.3, 0.4) is 0 Å². The van der Waals surface area contributed by atoms with Crippen LogP contribution in [-0.4, -0.2) is 57.6 Å². The molecule has 2 aromatic carbocycles. The number of aromatic nitrogens is 1. The van der Waals surface area contributed by atoms with Crippen molar-refractivity contribution in [1.29, 1.82) is 0 Å². The van der Waals surface area contributed by atoms with E-state index in [0.29, 0.717) is 33.5 Å². The number of sulfone groups is 1. The molecule has 0 saturated heterocycles. The van der Waals surface area contributed by atoms with Crippen LogP contribution in [0.2, 0.25) is 5.02 Å². The number of amides is 1. The van der Waals surface area contributed by atoms with Gasteiger partial charge in [-0.25, -0.2) is 13.4 Å². The van der Waals surface area contributed by atoms with Gasteiger partial charge in [0.15, 0.2) is 15.0 Å². The van der Waals surface area contributed by atoms with Gasteiger partial charge in [0.05, 0.1) is 15.1 Å². The normalized spacial score (nSPS) is 12.2. The number of carbonyl (C=O) groups excluding carboxylic acids is 1. The largest absolute Gasteiger partial charge is 0.308 e. The highest BCUT2D eigenvalue weighted by atomic mass is 35.5. The Morgan fingerprint density at radius 3 is 2.57 bits per heavy atom. The highest BCUT2D eigenvalue weighted by molar-refractivity contribution is 7.90. The Labute approximate surface area is 185 Å². The summed E-state index contributed by atoms with van der Waals surface area (Å²) in [6, 6.07) is 12.1. The van der Waals surface area contributed by atoms with Gasteiger partial charge in [-0.2, -0.15) is 0 Å². The van der Waals surface area contributed by atoms with Gasteiger partial charge in [-0.1, -0.05) is 41.1 Å². The number of thiazole rings is 1. The van der Waals surface area contributed by atoms with E-state index in [1.165, 1.54) is 29.7 Å². The van der Waals surface area contributed by atoms with Gasteiger partial charge in [0.25, 0.3) is 5.91 Å². The molecule has 30 heavy (non-hydrogen) atoms. The molecule has 3 aromatic rings. The molecule has 3 rings (SSSR count). The van der Waals surface area contributed by atoms with Crippen molar-refractivity contribution in [2.45, 2.75) is 4.90 Å². The molecule has 0 atom stereocenters. The van der Waals surface area contributed by atoms with Crippen LogP contribution in [-0.2, 0) is 14.6 Å². The molecule has 0 aliphatic rings. The Balaban J connectivity index is 1.94. The standard InChI is InChI=1S/C21H22ClN3O3S2/c1-24(2)12-13-25(20(26)11-8-15-6-4-5-7-17(15)22)21-23-18-10-9-16(30(3,27)28)14-19(18)29-21/h4-11,14H,12-13H2,1-3H3/b11-8+. The van der Waals surface area contributed by atoms with Crippen molar-refractivity contribution in [2.24, 2.45) is 0 Å². The molecule has 9 heteroatoms. The zero-order valence-corrected chi connectivity index (χ0v) is 19.3. The second-order valence-corrected chi connectivity index (χ2v) is 10.5. The number of carbonyl (C=O) groups is 1. The smallest absolute Gasteiger partial charge is 0.252 e. The van der Waals surface area contributed by atoms with Crippen molar-refractivity contribution < 1.29 is 13.2 Å². The molecule has 0 aliphatic heterocycles. The van der Waals surface area contributed by atoms with E-state index in [9.17, 15) is 13.2 Å². The van der Waals surface area contributed by atoms with Crippen LogP contribution in [0.4, 0.5) is 5.13 Å². The van der Waals surface area contributed by atoms with Crippen molar-refractivity contribution in [1.82, 2.24) is 9.88 Å². The average molecular weight is 464 g/mol. The van der Waals surface area contributed by atoms with Crippen LogP contribution in [0.25, 0.3) is 16.3 Å². The second kappa shape index (κ2) is 9.26. The summed E-state index contributed by atoms with van der Waals surface area (Å²) in [5, 5.41) is 1.08. The molecule has 1 aromatic heterocycles. The first-order valence-corrected chi connectivity index (χ1v) is 12.2. The van der Waals surface area contributed by atoms with Gasteiger partial charge in [0, 0.05) is 30.4 Å². The van der Waals surface area contributed by atoms with E-state index in [2.05, 4.69) is 4.98 Å². The predicted octanol–water partition coefficient (Wildman–Crippen LogP) is 3.96. The van der Waals surface area contributed by atoms with E-state index >= 15 is 0 Å². The van der Waals surface area contributed by atoms with Gasteiger partial charge < -0.3 is 4.90 Å². The van der Waals surface area contributed by atoms with Gasteiger partial charge >= 0.3 is 0 Å². The number of benzene rings is 2. The predicted molar refractivity (Wildman–Crippen MR) is 124 cm³/mol. The highest BCUT2D eigenvalue weighted by Gasteiger charge is 2.19. The zero-order valence-electron chi connectivity index (χ0n) is 16.9. The molecule has 0 radical (unpaired) electrons. The van der Waals surface area contributed by atoms with Crippen LogP contribution in [0.1, 0.15) is 5.56 Å². The van der Waals surface area contributed by atoms with E-state index in [1.54, 1.807) is 29.2 Å². The number of likely N-dealkylation sites (N-methyl/N-ethyl adjacent to an activating group) is 1. The van der Waals surface area contributed by atoms with Gasteiger partial charge in [0.2, 0.25) is 0 Å². The average Bonchev–Trinajstić information content (AvgIpc) is 3.09. The highest BCUT2D eigenvalue weighted by Crippen LogP contribution is 2.31. The summed E-state index contributed by atoms with van der Waals surface area (Å²) in [7, 11) is 0.541. The molecule has 158 valence electrons. The van der Waals surface area contributed by atoms with Gasteiger partial charge in [-0.3, -0.25) is 9.69 Å². The minimum atomic E-state index is -3.32. The summed E-state index contributed by atoms with van der Waals surface area (Å²) >= 11 is 7.46. The molecule has 0 unspecified atom stereocenters. The molecule has 0 bridgehead atoms. The lowest BCUT2D eigenvalue weighted by Gasteiger charge is -2.20. The van der Waals surface area contributed by atoms with Crippen LogP contribution in [0, 0.1) is 0 Å². The van der Waals surface area contributed by atoms with Crippen LogP contribution < -0.4 is 4.90 Å². The lowest BCUT2D eigenvalue weighted by Crippen LogP contribution is -2.35. The maximum Gasteiger partial charge on any atom is 0.252 e. The SMILES string of the molecule is CN(C)CCN(C(=O)/C=C/c1ccccc1Cl)c1nc2ccc(S(C)(=O)=O)cc2s1. The van der Waals surface area contributed by atoms with Gasteiger partial charge in [0.1, 0.15) is 0 Å². The molecule has 0 N–H and O–H groups in total. The topological polar surface area (TPSA) is 70.6 Å². The Morgan fingerprint density at radius 2 is 1.90 bits per heavy atom. The molecule has 1 heterocycles. The maximum absolute atomic E-state index is 13.0. The first kappa shape index (κ1) is 22.4. The van der Waals surface area contributed by atoms with Crippen LogP contribution >= 0.6 is 22.9 Å². The van der Waals surface area contributed by atoms with Crippen molar-refractivity contribution in [2.75, 3.05) is 38.3 Å². The molecule has 6 nitrogen and oxygen atoms in total. The van der Waals surface area contributed by atoms with E-state index in [0.717, 1.165) is 5.56 Å². The van der Waals surface area contributed by atoms with E-state index in [-0.39, 0.29) is 10.8 Å². The van der Waals surface area contributed by atoms with Crippen molar-refractivity contribution >= 4 is 60.1 Å². The Kier molecular flexibility index (Phi) is 6.92. The Hall–Kier alpha value is -2.26. The summed E-state index contributed by atoms with van der Waals surface area (Å²) < 4.78 is 24.4. The number of hydrogen-bond acceptors (Lipinski definition) is 6. The van der Waals surface area contributed by atoms with Crippen LogP contribution in [0.5, 0.6) is 0 Å². The summed E-state index contributed by atoms with van der Waals surface area (Å²) in [5.74, 6) is -0.223. The first-order chi connectivity index (χ1) is 14.1. The number of hydrogen-bond donors (Lipinski definition) is 0. The number of anilines is 1. The lowest BCUT2D eigenvalue weighted by molar-refractivity contribution is -0.114. The lowest BCUT2D eigenvalue weighted by atomic mass is 10.2. The summed E-state index contributed by atoms with van der Waals surface area (Å²) in [5.41, 5.74) is 1.40. The van der Waals surface area contributed by atoms with Crippen molar-refractivity contribution in [3.05, 3.63) is 59.1 Å². The van der Waals surface area contributed by atoms with Gasteiger partial charge in [-0.05, 0) is 50.0 Å². The maximum atomic E-state index is 13.0. The van der Waals surface area contributed by atoms with E-state index in [4.69, 9.17) is 11.6 Å². The minimum Gasteiger partial charge on any atom is -0.308 e. The molecule has 0 spiro atoms. The third-order valence-electron chi connectivity index (χ3n) is 4.36. The molecule has 0 aliphatic carbocycles. The van der Waals surface area contributed by atoms with Crippen LogP contribution in [0.15, 0.2) is 53.4 Å². The summed E-state index contributed by atoms with van der Waals surface area (Å²) in [6.45, 7) is 1.09. The molecule has 0 fully saturated rings. The molecule has 1 amide bonds. The number of nitrogens with zero attached hydrogens (tertiary/aromatic N) is 3. The van der Waals surface area contributed by atoms with Crippen molar-refractivity contribution in [3.63, 3.8) is 0 Å². The number of halogens is 1. The summed E-state index contributed by atoms with van der Waals surface area (Å²) in [6.07, 6.45) is 4.33.